The van der Waals surface area contributed by atoms with Crippen LogP contribution in [0.25, 0.3) is 0 Å². The summed E-state index contributed by atoms with van der Waals surface area (Å²) in [5.74, 6) is 0.869. The molecular formula is C23H37NO4. The number of nitrogens with zero attached hydrogens (tertiary/aromatic N) is 1. The fraction of sp³-hybridized carbons (Fsp3) is 0.739. The summed E-state index contributed by atoms with van der Waals surface area (Å²) >= 11 is 0. The second-order valence-electron chi connectivity index (χ2n) is 9.41. The standard InChI is InChI=1S/C23H37NO4/c1-7-11-25-20-13-22(3,4)24(23(5,6)14-20)28-17(2)18-9-8-10-19(12-18)26-15-21-16-27-21/h8-10,12,17,20-21H,7,11,13-16H2,1-6H3. The Balaban J connectivity index is 1.66. The molecule has 0 aromatic heterocycles. The van der Waals surface area contributed by atoms with Crippen molar-refractivity contribution >= 4 is 0 Å². The smallest absolute Gasteiger partial charge is 0.119 e. The maximum atomic E-state index is 6.55. The molecule has 28 heavy (non-hydrogen) atoms. The van der Waals surface area contributed by atoms with Gasteiger partial charge in [-0.15, -0.1) is 0 Å². The van der Waals surface area contributed by atoms with Crippen molar-refractivity contribution in [1.29, 1.82) is 0 Å². The number of rotatable bonds is 9. The van der Waals surface area contributed by atoms with Crippen LogP contribution in [-0.2, 0) is 14.3 Å². The molecule has 2 heterocycles. The predicted molar refractivity (Wildman–Crippen MR) is 110 cm³/mol. The van der Waals surface area contributed by atoms with Gasteiger partial charge in [-0.1, -0.05) is 19.1 Å². The average molecular weight is 392 g/mol. The van der Waals surface area contributed by atoms with Gasteiger partial charge in [0, 0.05) is 17.7 Å². The summed E-state index contributed by atoms with van der Waals surface area (Å²) in [6, 6.07) is 8.19. The molecule has 0 bridgehead atoms. The summed E-state index contributed by atoms with van der Waals surface area (Å²) in [6.45, 7) is 15.5. The summed E-state index contributed by atoms with van der Waals surface area (Å²) in [5, 5.41) is 2.20. The van der Waals surface area contributed by atoms with Gasteiger partial charge in [-0.25, -0.2) is 0 Å². The van der Waals surface area contributed by atoms with Crippen molar-refractivity contribution in [2.24, 2.45) is 0 Å². The molecule has 0 saturated carbocycles. The maximum absolute atomic E-state index is 6.55. The molecular weight excluding hydrogens is 354 g/mol. The lowest BCUT2D eigenvalue weighted by Gasteiger charge is -2.54. The second kappa shape index (κ2) is 8.70. The molecule has 2 aliphatic rings. The minimum absolute atomic E-state index is 0.0626. The fourth-order valence-corrected chi connectivity index (χ4v) is 4.29. The summed E-state index contributed by atoms with van der Waals surface area (Å²) < 4.78 is 17.2. The molecule has 1 aromatic carbocycles. The minimum atomic E-state index is -0.105. The zero-order chi connectivity index (χ0) is 20.4. The normalized spacial score (nSPS) is 25.4. The molecule has 2 aliphatic heterocycles. The molecule has 158 valence electrons. The Morgan fingerprint density at radius 1 is 1.18 bits per heavy atom. The van der Waals surface area contributed by atoms with Gasteiger partial charge >= 0.3 is 0 Å². The minimum Gasteiger partial charge on any atom is -0.491 e. The monoisotopic (exact) mass is 391 g/mol. The summed E-state index contributed by atoms with van der Waals surface area (Å²) in [4.78, 5) is 6.55. The summed E-state index contributed by atoms with van der Waals surface area (Å²) in [5.41, 5.74) is 0.905. The second-order valence-corrected chi connectivity index (χ2v) is 9.41. The first-order valence-corrected chi connectivity index (χ1v) is 10.6. The zero-order valence-electron chi connectivity index (χ0n) is 18.4. The van der Waals surface area contributed by atoms with Crippen LogP contribution >= 0.6 is 0 Å². The molecule has 2 fully saturated rings. The number of benzene rings is 1. The predicted octanol–water partition coefficient (Wildman–Crippen LogP) is 4.91. The largest absolute Gasteiger partial charge is 0.491 e. The van der Waals surface area contributed by atoms with Crippen LogP contribution < -0.4 is 4.74 Å². The highest BCUT2D eigenvalue weighted by molar-refractivity contribution is 5.29. The fourth-order valence-electron chi connectivity index (χ4n) is 4.29. The van der Waals surface area contributed by atoms with Crippen molar-refractivity contribution in [2.45, 2.75) is 90.2 Å². The van der Waals surface area contributed by atoms with E-state index in [0.717, 1.165) is 43.8 Å². The van der Waals surface area contributed by atoms with Gasteiger partial charge in [-0.2, -0.15) is 5.06 Å². The average Bonchev–Trinajstić information content (AvgIpc) is 3.45. The van der Waals surface area contributed by atoms with Crippen molar-refractivity contribution in [3.05, 3.63) is 29.8 Å². The molecule has 2 atom stereocenters. The van der Waals surface area contributed by atoms with Gasteiger partial charge in [-0.05, 0) is 71.6 Å². The third kappa shape index (κ3) is 5.47. The lowest BCUT2D eigenvalue weighted by Crippen LogP contribution is -2.62. The number of hydroxylamine groups is 2. The zero-order valence-corrected chi connectivity index (χ0v) is 18.4. The highest BCUT2D eigenvalue weighted by Crippen LogP contribution is 2.41. The van der Waals surface area contributed by atoms with E-state index in [9.17, 15) is 0 Å². The highest BCUT2D eigenvalue weighted by atomic mass is 16.7. The van der Waals surface area contributed by atoms with E-state index in [0.29, 0.717) is 6.61 Å². The number of ether oxygens (including phenoxy) is 3. The molecule has 0 spiro atoms. The van der Waals surface area contributed by atoms with E-state index in [1.165, 1.54) is 0 Å². The van der Waals surface area contributed by atoms with Crippen LogP contribution in [0.2, 0.25) is 0 Å². The van der Waals surface area contributed by atoms with Gasteiger partial charge in [-0.3, -0.25) is 4.84 Å². The SMILES string of the molecule is CCCOC1CC(C)(C)N(OC(C)c2cccc(OCC3CO3)c2)C(C)(C)C1. The van der Waals surface area contributed by atoms with Gasteiger partial charge < -0.3 is 14.2 Å². The highest BCUT2D eigenvalue weighted by Gasteiger charge is 2.47. The van der Waals surface area contributed by atoms with Gasteiger partial charge in [0.15, 0.2) is 0 Å². The quantitative estimate of drug-likeness (QED) is 0.560. The van der Waals surface area contributed by atoms with Crippen LogP contribution in [0.4, 0.5) is 0 Å². The maximum Gasteiger partial charge on any atom is 0.119 e. The van der Waals surface area contributed by atoms with Gasteiger partial charge in [0.05, 0.1) is 12.7 Å². The van der Waals surface area contributed by atoms with Crippen LogP contribution in [0.1, 0.15) is 72.5 Å². The molecule has 5 nitrogen and oxygen atoms in total. The van der Waals surface area contributed by atoms with Crippen LogP contribution in [0, 0.1) is 0 Å². The Hall–Kier alpha value is -1.14. The lowest BCUT2D eigenvalue weighted by atomic mass is 9.80. The Morgan fingerprint density at radius 3 is 2.46 bits per heavy atom. The first kappa shape index (κ1) is 21.6. The number of hydrogen-bond donors (Lipinski definition) is 0. The summed E-state index contributed by atoms with van der Waals surface area (Å²) in [6.07, 6.45) is 3.46. The molecule has 0 N–H and O–H groups in total. The van der Waals surface area contributed by atoms with Crippen molar-refractivity contribution < 1.29 is 19.0 Å². The first-order chi connectivity index (χ1) is 13.2. The Labute approximate surface area is 170 Å². The van der Waals surface area contributed by atoms with Crippen LogP contribution in [0.5, 0.6) is 5.75 Å². The first-order valence-electron chi connectivity index (χ1n) is 10.6. The topological polar surface area (TPSA) is 43.5 Å². The van der Waals surface area contributed by atoms with E-state index in [-0.39, 0.29) is 29.4 Å². The Bertz CT molecular complexity index is 623. The number of epoxide rings is 1. The van der Waals surface area contributed by atoms with Gasteiger partial charge in [0.1, 0.15) is 24.6 Å². The molecule has 2 saturated heterocycles. The molecule has 0 amide bonds. The molecule has 2 unspecified atom stereocenters. The molecule has 5 heteroatoms. The Kier molecular flexibility index (Phi) is 6.70. The Morgan fingerprint density at radius 2 is 1.86 bits per heavy atom. The van der Waals surface area contributed by atoms with E-state index in [1.807, 2.05) is 12.1 Å². The lowest BCUT2D eigenvalue weighted by molar-refractivity contribution is -0.315. The van der Waals surface area contributed by atoms with Crippen molar-refractivity contribution in [2.75, 3.05) is 19.8 Å². The van der Waals surface area contributed by atoms with E-state index in [4.69, 9.17) is 19.0 Å². The number of piperidine rings is 1. The van der Waals surface area contributed by atoms with Gasteiger partial charge in [0.25, 0.3) is 0 Å². The van der Waals surface area contributed by atoms with E-state index in [2.05, 4.69) is 58.7 Å². The number of hydrogen-bond acceptors (Lipinski definition) is 5. The van der Waals surface area contributed by atoms with E-state index >= 15 is 0 Å². The van der Waals surface area contributed by atoms with Crippen LogP contribution in [-0.4, -0.2) is 48.2 Å². The van der Waals surface area contributed by atoms with Crippen LogP contribution in [0.3, 0.4) is 0 Å². The third-order valence-electron chi connectivity index (χ3n) is 5.54. The summed E-state index contributed by atoms with van der Waals surface area (Å²) in [7, 11) is 0. The van der Waals surface area contributed by atoms with Crippen molar-refractivity contribution in [3.63, 3.8) is 0 Å². The van der Waals surface area contributed by atoms with Gasteiger partial charge in [0.2, 0.25) is 0 Å². The van der Waals surface area contributed by atoms with E-state index in [1.54, 1.807) is 0 Å². The molecule has 0 aliphatic carbocycles. The third-order valence-corrected chi connectivity index (χ3v) is 5.54. The van der Waals surface area contributed by atoms with Crippen LogP contribution in [0.15, 0.2) is 24.3 Å². The molecule has 0 radical (unpaired) electrons. The van der Waals surface area contributed by atoms with Crippen molar-refractivity contribution in [1.82, 2.24) is 5.06 Å². The molecule has 1 aromatic rings. The molecule has 3 rings (SSSR count). The van der Waals surface area contributed by atoms with Crippen molar-refractivity contribution in [3.8, 4) is 5.75 Å². The van der Waals surface area contributed by atoms with E-state index < -0.39 is 0 Å².